The van der Waals surface area contributed by atoms with Crippen molar-refractivity contribution in [3.05, 3.63) is 21.9 Å². The Bertz CT molecular complexity index is 548. The molecule has 1 aromatic heterocycles. The monoisotopic (exact) mass is 306 g/mol. The Labute approximate surface area is 130 Å². The summed E-state index contributed by atoms with van der Waals surface area (Å²) in [7, 11) is 4.18. The van der Waals surface area contributed by atoms with Gasteiger partial charge in [0.05, 0.1) is 10.4 Å². The van der Waals surface area contributed by atoms with Crippen LogP contribution in [0, 0.1) is 11.8 Å². The molecule has 2 rings (SSSR count). The predicted octanol–water partition coefficient (Wildman–Crippen LogP) is 1.70. The maximum absolute atomic E-state index is 12.2. The average Bonchev–Trinajstić information content (AvgIpc) is 3.12. The number of aliphatic hydroxyl groups excluding tert-OH is 1. The van der Waals surface area contributed by atoms with E-state index in [1.807, 2.05) is 5.38 Å². The molecule has 1 aromatic rings. The van der Waals surface area contributed by atoms with Crippen molar-refractivity contribution in [2.75, 3.05) is 27.2 Å². The van der Waals surface area contributed by atoms with Crippen molar-refractivity contribution in [3.8, 4) is 11.8 Å². The molecule has 1 saturated carbocycles. The van der Waals surface area contributed by atoms with Crippen molar-refractivity contribution < 1.29 is 9.90 Å². The SMILES string of the molecule is CN(C)C1(CNC(=O)c2csc(C#CCO)c2)CCCC1. The van der Waals surface area contributed by atoms with Crippen LogP contribution in [-0.2, 0) is 0 Å². The van der Waals surface area contributed by atoms with Crippen LogP contribution in [0.25, 0.3) is 0 Å². The number of hydrogen-bond acceptors (Lipinski definition) is 4. The molecule has 114 valence electrons. The van der Waals surface area contributed by atoms with E-state index in [0.717, 1.165) is 17.7 Å². The van der Waals surface area contributed by atoms with Gasteiger partial charge in [0.15, 0.2) is 0 Å². The van der Waals surface area contributed by atoms with Gasteiger partial charge < -0.3 is 15.3 Å². The molecule has 2 N–H and O–H groups in total. The van der Waals surface area contributed by atoms with E-state index in [4.69, 9.17) is 5.11 Å². The largest absolute Gasteiger partial charge is 0.384 e. The second-order valence-corrected chi connectivity index (χ2v) is 6.58. The molecule has 0 radical (unpaired) electrons. The summed E-state index contributed by atoms with van der Waals surface area (Å²) in [5.74, 6) is 5.37. The van der Waals surface area contributed by atoms with Gasteiger partial charge in [-0.1, -0.05) is 24.7 Å². The lowest BCUT2D eigenvalue weighted by molar-refractivity contribution is 0.0900. The summed E-state index contributed by atoms with van der Waals surface area (Å²) in [6.07, 6.45) is 4.73. The first kappa shape index (κ1) is 16.0. The molecule has 0 saturated heterocycles. The van der Waals surface area contributed by atoms with Gasteiger partial charge in [0, 0.05) is 17.5 Å². The molecule has 5 heteroatoms. The third kappa shape index (κ3) is 3.85. The molecule has 0 aromatic carbocycles. The van der Waals surface area contributed by atoms with E-state index < -0.39 is 0 Å². The molecular weight excluding hydrogens is 284 g/mol. The van der Waals surface area contributed by atoms with Crippen molar-refractivity contribution in [2.45, 2.75) is 31.2 Å². The molecule has 0 atom stereocenters. The molecular formula is C16H22N2O2S. The van der Waals surface area contributed by atoms with E-state index in [1.165, 1.54) is 24.2 Å². The number of rotatable bonds is 4. The number of nitrogens with one attached hydrogen (secondary N) is 1. The Morgan fingerprint density at radius 1 is 1.48 bits per heavy atom. The molecule has 1 aliphatic carbocycles. The lowest BCUT2D eigenvalue weighted by atomic mass is 9.96. The summed E-state index contributed by atoms with van der Waals surface area (Å²) in [6, 6.07) is 1.78. The highest BCUT2D eigenvalue weighted by molar-refractivity contribution is 7.10. The average molecular weight is 306 g/mol. The fourth-order valence-electron chi connectivity index (χ4n) is 2.81. The Morgan fingerprint density at radius 2 is 2.19 bits per heavy atom. The molecule has 21 heavy (non-hydrogen) atoms. The van der Waals surface area contributed by atoms with Crippen molar-refractivity contribution in [2.24, 2.45) is 0 Å². The predicted molar refractivity (Wildman–Crippen MR) is 85.5 cm³/mol. The van der Waals surface area contributed by atoms with Crippen molar-refractivity contribution in [1.82, 2.24) is 10.2 Å². The lowest BCUT2D eigenvalue weighted by Gasteiger charge is -2.36. The number of hydrogen-bond donors (Lipinski definition) is 2. The maximum Gasteiger partial charge on any atom is 0.252 e. The minimum atomic E-state index is -0.162. The Morgan fingerprint density at radius 3 is 2.81 bits per heavy atom. The van der Waals surface area contributed by atoms with Crippen LogP contribution in [0.4, 0.5) is 0 Å². The van der Waals surface area contributed by atoms with Gasteiger partial charge in [0.1, 0.15) is 6.61 Å². The van der Waals surface area contributed by atoms with Crippen molar-refractivity contribution >= 4 is 17.2 Å². The molecule has 0 unspecified atom stereocenters. The van der Waals surface area contributed by atoms with E-state index in [2.05, 4.69) is 36.2 Å². The molecule has 0 bridgehead atoms. The first-order valence-electron chi connectivity index (χ1n) is 7.21. The van der Waals surface area contributed by atoms with Gasteiger partial charge in [-0.05, 0) is 33.0 Å². The summed E-state index contributed by atoms with van der Waals surface area (Å²) in [5.41, 5.74) is 0.750. The van der Waals surface area contributed by atoms with E-state index in [9.17, 15) is 4.79 Å². The fourth-order valence-corrected chi connectivity index (χ4v) is 3.56. The first-order chi connectivity index (χ1) is 10.1. The third-order valence-electron chi connectivity index (χ3n) is 4.21. The zero-order valence-corrected chi connectivity index (χ0v) is 13.4. The fraction of sp³-hybridized carbons (Fsp3) is 0.562. The lowest BCUT2D eigenvalue weighted by Crippen LogP contribution is -2.50. The minimum Gasteiger partial charge on any atom is -0.384 e. The molecule has 0 spiro atoms. The van der Waals surface area contributed by atoms with Crippen LogP contribution in [0.15, 0.2) is 11.4 Å². The number of carbonyl (C=O) groups is 1. The quantitative estimate of drug-likeness (QED) is 0.833. The summed E-state index contributed by atoms with van der Waals surface area (Å²) < 4.78 is 0. The molecule has 1 fully saturated rings. The number of carbonyl (C=O) groups excluding carboxylic acids is 1. The summed E-state index contributed by atoms with van der Waals surface area (Å²) in [4.78, 5) is 15.3. The number of likely N-dealkylation sites (N-methyl/N-ethyl adjacent to an activating group) is 1. The molecule has 1 aliphatic rings. The van der Waals surface area contributed by atoms with Gasteiger partial charge in [0.25, 0.3) is 5.91 Å². The highest BCUT2D eigenvalue weighted by Crippen LogP contribution is 2.33. The first-order valence-corrected chi connectivity index (χ1v) is 8.09. The van der Waals surface area contributed by atoms with Gasteiger partial charge in [-0.15, -0.1) is 11.3 Å². The van der Waals surface area contributed by atoms with Crippen LogP contribution in [-0.4, -0.2) is 48.7 Å². The highest BCUT2D eigenvalue weighted by atomic mass is 32.1. The zero-order valence-electron chi connectivity index (χ0n) is 12.6. The standard InChI is InChI=1S/C16H22N2O2S/c1-18(2)16(7-3-4-8-16)12-17-15(20)13-10-14(21-11-13)6-5-9-19/h10-11,19H,3-4,7-9,12H2,1-2H3,(H,17,20). The van der Waals surface area contributed by atoms with Crippen molar-refractivity contribution in [1.29, 1.82) is 0 Å². The van der Waals surface area contributed by atoms with Crippen LogP contribution in [0.5, 0.6) is 0 Å². The smallest absolute Gasteiger partial charge is 0.252 e. The number of nitrogens with zero attached hydrogens (tertiary/aromatic N) is 1. The molecule has 1 heterocycles. The maximum atomic E-state index is 12.2. The molecule has 4 nitrogen and oxygen atoms in total. The van der Waals surface area contributed by atoms with E-state index in [-0.39, 0.29) is 18.1 Å². The highest BCUT2D eigenvalue weighted by Gasteiger charge is 2.36. The van der Waals surface area contributed by atoms with Gasteiger partial charge in [-0.3, -0.25) is 4.79 Å². The van der Waals surface area contributed by atoms with Crippen LogP contribution >= 0.6 is 11.3 Å². The third-order valence-corrected chi connectivity index (χ3v) is 5.06. The van der Waals surface area contributed by atoms with Crippen molar-refractivity contribution in [3.63, 3.8) is 0 Å². The van der Waals surface area contributed by atoms with Crippen LogP contribution < -0.4 is 5.32 Å². The number of amides is 1. The second-order valence-electron chi connectivity index (χ2n) is 5.67. The summed E-state index contributed by atoms with van der Waals surface area (Å²) >= 11 is 1.43. The van der Waals surface area contributed by atoms with Crippen LogP contribution in [0.3, 0.4) is 0 Å². The van der Waals surface area contributed by atoms with E-state index in [0.29, 0.717) is 12.1 Å². The Balaban J connectivity index is 1.96. The summed E-state index contributed by atoms with van der Waals surface area (Å²) in [5, 5.41) is 13.6. The topological polar surface area (TPSA) is 52.6 Å². The number of thiophene rings is 1. The molecule has 0 aliphatic heterocycles. The van der Waals surface area contributed by atoms with Gasteiger partial charge >= 0.3 is 0 Å². The van der Waals surface area contributed by atoms with Gasteiger partial charge in [-0.2, -0.15) is 0 Å². The van der Waals surface area contributed by atoms with Gasteiger partial charge in [-0.25, -0.2) is 0 Å². The molecule has 1 amide bonds. The van der Waals surface area contributed by atoms with Gasteiger partial charge in [0.2, 0.25) is 0 Å². The minimum absolute atomic E-state index is 0.0450. The van der Waals surface area contributed by atoms with Crippen LogP contribution in [0.1, 0.15) is 40.9 Å². The Hall–Kier alpha value is -1.35. The Kier molecular flexibility index (Phi) is 5.40. The number of aliphatic hydroxyl groups is 1. The normalized spacial score (nSPS) is 16.6. The van der Waals surface area contributed by atoms with E-state index >= 15 is 0 Å². The zero-order chi connectivity index (χ0) is 15.3. The van der Waals surface area contributed by atoms with E-state index in [1.54, 1.807) is 6.07 Å². The van der Waals surface area contributed by atoms with Crippen LogP contribution in [0.2, 0.25) is 0 Å². The summed E-state index contributed by atoms with van der Waals surface area (Å²) in [6.45, 7) is 0.525. The second kappa shape index (κ2) is 7.08.